The second-order valence-electron chi connectivity index (χ2n) is 9.24. The topological polar surface area (TPSA) is 64.4 Å². The summed E-state index contributed by atoms with van der Waals surface area (Å²) in [6.45, 7) is 12.9. The van der Waals surface area contributed by atoms with Gasteiger partial charge in [-0.05, 0) is 63.6 Å². The number of halogens is 1. The summed E-state index contributed by atoms with van der Waals surface area (Å²) in [7, 11) is 0. The molecule has 0 N–H and O–H groups in total. The van der Waals surface area contributed by atoms with E-state index in [1.165, 1.54) is 11.8 Å². The summed E-state index contributed by atoms with van der Waals surface area (Å²) in [6, 6.07) is 5.12. The molecule has 0 aliphatic carbocycles. The Hall–Kier alpha value is -1.57. The largest absolute Gasteiger partial charge is 0.379 e. The number of carbonyl (C=O) groups excluding carboxylic acids is 1. The van der Waals surface area contributed by atoms with Crippen molar-refractivity contribution in [1.82, 2.24) is 14.5 Å². The van der Waals surface area contributed by atoms with E-state index < -0.39 is 0 Å². The van der Waals surface area contributed by atoms with E-state index in [1.54, 1.807) is 22.8 Å². The molecule has 32 heavy (non-hydrogen) atoms. The van der Waals surface area contributed by atoms with Gasteiger partial charge in [-0.15, -0.1) is 0 Å². The highest BCUT2D eigenvalue weighted by atomic mass is 35.5. The zero-order chi connectivity index (χ0) is 23.4. The van der Waals surface area contributed by atoms with E-state index in [2.05, 4.69) is 13.8 Å². The fourth-order valence-corrected chi connectivity index (χ4v) is 5.50. The van der Waals surface area contributed by atoms with Crippen molar-refractivity contribution in [2.75, 3.05) is 19.7 Å². The summed E-state index contributed by atoms with van der Waals surface area (Å²) >= 11 is 7.50. The molecular formula is C24H34ClN3O3S. The van der Waals surface area contributed by atoms with Crippen LogP contribution in [0.15, 0.2) is 28.2 Å². The number of amides is 1. The van der Waals surface area contributed by atoms with E-state index in [1.807, 2.05) is 25.7 Å². The molecule has 3 rings (SSSR count). The zero-order valence-corrected chi connectivity index (χ0v) is 21.2. The molecule has 1 amide bonds. The fourth-order valence-electron chi connectivity index (χ4n) is 4.31. The number of benzene rings is 1. The summed E-state index contributed by atoms with van der Waals surface area (Å²) < 4.78 is 7.32. The number of carbonyl (C=O) groups is 1. The lowest BCUT2D eigenvalue weighted by molar-refractivity contribution is -0.132. The number of nitrogens with zero attached hydrogens (tertiary/aromatic N) is 3. The van der Waals surface area contributed by atoms with E-state index in [9.17, 15) is 9.59 Å². The molecule has 2 aromatic rings. The Balaban J connectivity index is 1.86. The lowest BCUT2D eigenvalue weighted by Crippen LogP contribution is -2.45. The zero-order valence-electron chi connectivity index (χ0n) is 19.6. The van der Waals surface area contributed by atoms with Gasteiger partial charge >= 0.3 is 0 Å². The van der Waals surface area contributed by atoms with Gasteiger partial charge in [0, 0.05) is 31.3 Å². The Bertz CT molecular complexity index is 1000. The molecule has 1 saturated heterocycles. The Morgan fingerprint density at radius 2 is 1.94 bits per heavy atom. The Kier molecular flexibility index (Phi) is 8.64. The molecule has 0 spiro atoms. The molecule has 1 aliphatic rings. The maximum Gasteiger partial charge on any atom is 0.262 e. The van der Waals surface area contributed by atoms with Crippen molar-refractivity contribution < 1.29 is 9.53 Å². The van der Waals surface area contributed by atoms with Crippen LogP contribution in [-0.2, 0) is 16.1 Å². The van der Waals surface area contributed by atoms with E-state index in [-0.39, 0.29) is 22.8 Å². The molecule has 1 fully saturated rings. The highest BCUT2D eigenvalue weighted by molar-refractivity contribution is 8.00. The SMILES string of the molecule is CC(C)OCCCn1c(S[C@@H](C)C(=O)N2C[C@H](C)C[C@@H](C)C2)nc2cc(Cl)ccc2c1=O. The molecule has 0 unspecified atom stereocenters. The van der Waals surface area contributed by atoms with Crippen molar-refractivity contribution in [3.05, 3.63) is 33.6 Å². The molecule has 3 atom stereocenters. The lowest BCUT2D eigenvalue weighted by atomic mass is 9.92. The molecule has 0 radical (unpaired) electrons. The van der Waals surface area contributed by atoms with Crippen LogP contribution in [0, 0.1) is 11.8 Å². The van der Waals surface area contributed by atoms with E-state index in [0.717, 1.165) is 19.5 Å². The van der Waals surface area contributed by atoms with Gasteiger partial charge in [0.05, 0.1) is 22.3 Å². The first-order valence-corrected chi connectivity index (χ1v) is 12.7. The van der Waals surface area contributed by atoms with Crippen LogP contribution in [0.3, 0.4) is 0 Å². The normalized spacial score (nSPS) is 20.2. The van der Waals surface area contributed by atoms with Gasteiger partial charge in [0.15, 0.2) is 5.16 Å². The first-order valence-electron chi connectivity index (χ1n) is 11.4. The lowest BCUT2D eigenvalue weighted by Gasteiger charge is -2.36. The average molecular weight is 480 g/mol. The second kappa shape index (κ2) is 11.0. The molecule has 1 aromatic carbocycles. The van der Waals surface area contributed by atoms with Gasteiger partial charge in [-0.1, -0.05) is 37.2 Å². The Morgan fingerprint density at radius 3 is 2.59 bits per heavy atom. The number of aromatic nitrogens is 2. The average Bonchev–Trinajstić information content (AvgIpc) is 2.71. The Morgan fingerprint density at radius 1 is 1.25 bits per heavy atom. The molecule has 0 bridgehead atoms. The maximum absolute atomic E-state index is 13.3. The van der Waals surface area contributed by atoms with Gasteiger partial charge in [-0.25, -0.2) is 4.98 Å². The fraction of sp³-hybridized carbons (Fsp3) is 0.625. The van der Waals surface area contributed by atoms with Crippen molar-refractivity contribution >= 4 is 40.2 Å². The number of hydrogen-bond acceptors (Lipinski definition) is 5. The van der Waals surface area contributed by atoms with Crippen molar-refractivity contribution in [1.29, 1.82) is 0 Å². The highest BCUT2D eigenvalue weighted by Crippen LogP contribution is 2.28. The summed E-state index contributed by atoms with van der Waals surface area (Å²) in [4.78, 5) is 33.2. The third-order valence-electron chi connectivity index (χ3n) is 5.67. The van der Waals surface area contributed by atoms with Crippen LogP contribution < -0.4 is 5.56 Å². The smallest absolute Gasteiger partial charge is 0.262 e. The first kappa shape index (κ1) is 25.1. The number of likely N-dealkylation sites (tertiary alicyclic amines) is 1. The van der Waals surface area contributed by atoms with Crippen molar-refractivity contribution in [2.24, 2.45) is 11.8 Å². The molecule has 2 heterocycles. The standard InChI is InChI=1S/C24H34ClN3O3S/c1-15(2)31-10-6-9-28-23(30)20-8-7-19(25)12-21(20)26-24(28)32-18(5)22(29)27-13-16(3)11-17(4)14-27/h7-8,12,15-18H,6,9-11,13-14H2,1-5H3/t16-,17-,18+/m1/s1. The van der Waals surface area contributed by atoms with E-state index in [0.29, 0.717) is 52.5 Å². The van der Waals surface area contributed by atoms with Crippen LogP contribution in [-0.4, -0.2) is 51.4 Å². The Labute approximate surface area is 199 Å². The monoisotopic (exact) mass is 479 g/mol. The molecule has 8 heteroatoms. The van der Waals surface area contributed by atoms with Gasteiger partial charge in [0.25, 0.3) is 5.56 Å². The van der Waals surface area contributed by atoms with Crippen molar-refractivity contribution in [3.8, 4) is 0 Å². The molecular weight excluding hydrogens is 446 g/mol. The number of fused-ring (bicyclic) bond motifs is 1. The molecule has 1 aliphatic heterocycles. The third-order valence-corrected chi connectivity index (χ3v) is 6.98. The van der Waals surface area contributed by atoms with Gasteiger partial charge in [-0.3, -0.25) is 14.2 Å². The van der Waals surface area contributed by atoms with Gasteiger partial charge in [-0.2, -0.15) is 0 Å². The summed E-state index contributed by atoms with van der Waals surface area (Å²) in [5.41, 5.74) is 0.443. The van der Waals surface area contributed by atoms with Crippen LogP contribution in [0.25, 0.3) is 10.9 Å². The number of piperidine rings is 1. The minimum atomic E-state index is -0.339. The summed E-state index contributed by atoms with van der Waals surface area (Å²) in [6.07, 6.45) is 1.98. The van der Waals surface area contributed by atoms with Crippen molar-refractivity contribution in [3.63, 3.8) is 0 Å². The number of hydrogen-bond donors (Lipinski definition) is 0. The summed E-state index contributed by atoms with van der Waals surface area (Å²) in [5.74, 6) is 1.10. The minimum absolute atomic E-state index is 0.100. The van der Waals surface area contributed by atoms with Crippen molar-refractivity contribution in [2.45, 2.75) is 70.5 Å². The minimum Gasteiger partial charge on any atom is -0.379 e. The highest BCUT2D eigenvalue weighted by Gasteiger charge is 2.29. The van der Waals surface area contributed by atoms with E-state index in [4.69, 9.17) is 21.3 Å². The van der Waals surface area contributed by atoms with Gasteiger partial charge < -0.3 is 9.64 Å². The molecule has 6 nitrogen and oxygen atoms in total. The summed E-state index contributed by atoms with van der Waals surface area (Å²) in [5, 5.41) is 1.27. The van der Waals surface area contributed by atoms with Crippen LogP contribution in [0.4, 0.5) is 0 Å². The number of ether oxygens (including phenoxy) is 1. The predicted octanol–water partition coefficient (Wildman–Crippen LogP) is 4.85. The molecule has 176 valence electrons. The maximum atomic E-state index is 13.3. The molecule has 0 saturated carbocycles. The molecule has 1 aromatic heterocycles. The van der Waals surface area contributed by atoms with Crippen LogP contribution in [0.1, 0.15) is 47.5 Å². The first-order chi connectivity index (χ1) is 15.2. The van der Waals surface area contributed by atoms with Gasteiger partial charge in [0.1, 0.15) is 0 Å². The van der Waals surface area contributed by atoms with E-state index >= 15 is 0 Å². The quantitative estimate of drug-likeness (QED) is 0.307. The second-order valence-corrected chi connectivity index (χ2v) is 11.0. The third kappa shape index (κ3) is 6.27. The van der Waals surface area contributed by atoms with Crippen LogP contribution >= 0.6 is 23.4 Å². The number of thioether (sulfide) groups is 1. The van der Waals surface area contributed by atoms with Crippen LogP contribution in [0.2, 0.25) is 5.02 Å². The number of rotatable bonds is 8. The predicted molar refractivity (Wildman–Crippen MR) is 132 cm³/mol. The van der Waals surface area contributed by atoms with Crippen LogP contribution in [0.5, 0.6) is 0 Å². The van der Waals surface area contributed by atoms with Gasteiger partial charge in [0.2, 0.25) is 5.91 Å².